The summed E-state index contributed by atoms with van der Waals surface area (Å²) in [5.74, 6) is 0.941. The van der Waals surface area contributed by atoms with Crippen molar-refractivity contribution in [3.8, 4) is 5.75 Å². The van der Waals surface area contributed by atoms with Gasteiger partial charge in [0.25, 0.3) is 0 Å². The maximum absolute atomic E-state index is 5.75. The first-order valence-electron chi connectivity index (χ1n) is 6.31. The van der Waals surface area contributed by atoms with Crippen molar-refractivity contribution in [2.24, 2.45) is 0 Å². The molecule has 2 aromatic rings. The fourth-order valence-corrected chi connectivity index (χ4v) is 3.48. The van der Waals surface area contributed by atoms with Crippen LogP contribution in [0.5, 0.6) is 5.75 Å². The highest BCUT2D eigenvalue weighted by Crippen LogP contribution is 2.35. The third kappa shape index (κ3) is 3.38. The Kier molecular flexibility index (Phi) is 5.02. The summed E-state index contributed by atoms with van der Waals surface area (Å²) >= 11 is 5.36. The highest BCUT2D eigenvalue weighted by Gasteiger charge is 2.18. The minimum atomic E-state index is 0.165. The predicted molar refractivity (Wildman–Crippen MR) is 85.3 cm³/mol. The first-order chi connectivity index (χ1) is 9.15. The lowest BCUT2D eigenvalue weighted by atomic mass is 10.0. The molecule has 0 saturated carbocycles. The second kappa shape index (κ2) is 6.55. The Morgan fingerprint density at radius 3 is 2.68 bits per heavy atom. The largest absolute Gasteiger partial charge is 0.494 e. The molecule has 1 aromatic carbocycles. The van der Waals surface area contributed by atoms with Gasteiger partial charge >= 0.3 is 0 Å². The van der Waals surface area contributed by atoms with Gasteiger partial charge in [0, 0.05) is 19.8 Å². The molecule has 0 spiro atoms. The average molecular weight is 340 g/mol. The van der Waals surface area contributed by atoms with E-state index in [1.807, 2.05) is 37.4 Å². The molecule has 0 aliphatic heterocycles. The van der Waals surface area contributed by atoms with Gasteiger partial charge in [0.05, 0.1) is 12.6 Å². The van der Waals surface area contributed by atoms with Crippen LogP contribution in [0.4, 0.5) is 0 Å². The minimum Gasteiger partial charge on any atom is -0.494 e. The molecule has 0 fully saturated rings. The third-order valence-electron chi connectivity index (χ3n) is 2.92. The molecule has 4 heteroatoms. The maximum Gasteiger partial charge on any atom is 0.124 e. The number of hydrogen-bond acceptors (Lipinski definition) is 3. The van der Waals surface area contributed by atoms with E-state index in [0.29, 0.717) is 6.61 Å². The van der Waals surface area contributed by atoms with E-state index in [1.165, 1.54) is 15.3 Å². The van der Waals surface area contributed by atoms with E-state index in [0.717, 1.165) is 10.2 Å². The smallest absolute Gasteiger partial charge is 0.124 e. The minimum absolute atomic E-state index is 0.165. The number of thiophene rings is 1. The number of ether oxygens (including phenoxy) is 1. The van der Waals surface area contributed by atoms with Crippen LogP contribution in [0.25, 0.3) is 0 Å². The molecular formula is C15H18BrNOS. The number of hydrogen-bond donors (Lipinski definition) is 1. The molecule has 19 heavy (non-hydrogen) atoms. The first-order valence-corrected chi connectivity index (χ1v) is 7.92. The van der Waals surface area contributed by atoms with Crippen LogP contribution in [-0.2, 0) is 0 Å². The summed E-state index contributed by atoms with van der Waals surface area (Å²) in [5, 5.41) is 3.38. The summed E-state index contributed by atoms with van der Waals surface area (Å²) in [7, 11) is 1.98. The van der Waals surface area contributed by atoms with Gasteiger partial charge in [-0.15, -0.1) is 11.3 Å². The molecule has 102 valence electrons. The first kappa shape index (κ1) is 14.6. The molecule has 0 aliphatic rings. The summed E-state index contributed by atoms with van der Waals surface area (Å²) in [4.78, 5) is 2.63. The second-order valence-electron chi connectivity index (χ2n) is 4.29. The average Bonchev–Trinajstić information content (AvgIpc) is 2.80. The van der Waals surface area contributed by atoms with Crippen LogP contribution >= 0.6 is 27.3 Å². The highest BCUT2D eigenvalue weighted by molar-refractivity contribution is 9.10. The van der Waals surface area contributed by atoms with Crippen LogP contribution in [0, 0.1) is 6.92 Å². The molecule has 0 aliphatic carbocycles. The standard InChI is InChI=1S/C15H18BrNOS/c1-4-18-13-7-6-11(16)9-12(13)15(17-3)14-8-5-10(2)19-14/h5-9,15,17H,4H2,1-3H3. The Labute approximate surface area is 126 Å². The van der Waals surface area contributed by atoms with Crippen LogP contribution in [-0.4, -0.2) is 13.7 Å². The Hall–Kier alpha value is -0.840. The summed E-state index contributed by atoms with van der Waals surface area (Å²) in [6.45, 7) is 4.81. The van der Waals surface area contributed by atoms with Gasteiger partial charge in [-0.3, -0.25) is 0 Å². The molecule has 2 rings (SSSR count). The van der Waals surface area contributed by atoms with E-state index in [2.05, 4.69) is 46.4 Å². The Bertz CT molecular complexity index is 553. The highest BCUT2D eigenvalue weighted by atomic mass is 79.9. The quantitative estimate of drug-likeness (QED) is 0.864. The third-order valence-corrected chi connectivity index (χ3v) is 4.48. The van der Waals surface area contributed by atoms with Gasteiger partial charge in [0.1, 0.15) is 5.75 Å². The summed E-state index contributed by atoms with van der Waals surface area (Å²) in [6.07, 6.45) is 0. The summed E-state index contributed by atoms with van der Waals surface area (Å²) in [6, 6.07) is 10.7. The Morgan fingerprint density at radius 1 is 1.32 bits per heavy atom. The summed E-state index contributed by atoms with van der Waals surface area (Å²) < 4.78 is 6.82. The van der Waals surface area contributed by atoms with Crippen molar-refractivity contribution in [2.75, 3.05) is 13.7 Å². The predicted octanol–water partition coefficient (Wildman–Crippen LogP) is 4.53. The normalized spacial score (nSPS) is 12.4. The van der Waals surface area contributed by atoms with Gasteiger partial charge in [0.15, 0.2) is 0 Å². The SMILES string of the molecule is CCOc1ccc(Br)cc1C(NC)c1ccc(C)s1. The number of nitrogens with one attached hydrogen (secondary N) is 1. The Morgan fingerprint density at radius 2 is 2.11 bits per heavy atom. The van der Waals surface area contributed by atoms with Gasteiger partial charge < -0.3 is 10.1 Å². The fraction of sp³-hybridized carbons (Fsp3) is 0.333. The zero-order chi connectivity index (χ0) is 13.8. The van der Waals surface area contributed by atoms with Gasteiger partial charge in [0.2, 0.25) is 0 Å². The van der Waals surface area contributed by atoms with Crippen molar-refractivity contribution in [3.05, 3.63) is 50.1 Å². The van der Waals surface area contributed by atoms with E-state index < -0.39 is 0 Å². The van der Waals surface area contributed by atoms with E-state index >= 15 is 0 Å². The monoisotopic (exact) mass is 339 g/mol. The van der Waals surface area contributed by atoms with Crippen molar-refractivity contribution in [2.45, 2.75) is 19.9 Å². The zero-order valence-electron chi connectivity index (χ0n) is 11.4. The van der Waals surface area contributed by atoms with E-state index in [9.17, 15) is 0 Å². The molecule has 1 atom stereocenters. The van der Waals surface area contributed by atoms with Crippen LogP contribution in [0.3, 0.4) is 0 Å². The lowest BCUT2D eigenvalue weighted by Crippen LogP contribution is -2.17. The molecule has 0 saturated heterocycles. The molecule has 2 nitrogen and oxygen atoms in total. The van der Waals surface area contributed by atoms with Gasteiger partial charge in [-0.05, 0) is 51.2 Å². The fourth-order valence-electron chi connectivity index (χ4n) is 2.09. The van der Waals surface area contributed by atoms with Crippen LogP contribution in [0.2, 0.25) is 0 Å². The summed E-state index contributed by atoms with van der Waals surface area (Å²) in [5.41, 5.74) is 1.17. The number of benzene rings is 1. The molecule has 1 heterocycles. The molecule has 0 bridgehead atoms. The lowest BCUT2D eigenvalue weighted by Gasteiger charge is -2.19. The van der Waals surface area contributed by atoms with E-state index in [1.54, 1.807) is 0 Å². The van der Waals surface area contributed by atoms with Crippen LogP contribution in [0.15, 0.2) is 34.8 Å². The molecular weight excluding hydrogens is 322 g/mol. The van der Waals surface area contributed by atoms with Crippen molar-refractivity contribution < 1.29 is 4.74 Å². The van der Waals surface area contributed by atoms with Crippen LogP contribution < -0.4 is 10.1 Å². The van der Waals surface area contributed by atoms with Crippen molar-refractivity contribution >= 4 is 27.3 Å². The lowest BCUT2D eigenvalue weighted by molar-refractivity contribution is 0.334. The maximum atomic E-state index is 5.75. The Balaban J connectivity index is 2.44. The topological polar surface area (TPSA) is 21.3 Å². The van der Waals surface area contributed by atoms with Crippen molar-refractivity contribution in [3.63, 3.8) is 0 Å². The number of halogens is 1. The molecule has 0 amide bonds. The molecule has 0 radical (unpaired) electrons. The van der Waals surface area contributed by atoms with Crippen molar-refractivity contribution in [1.29, 1.82) is 0 Å². The van der Waals surface area contributed by atoms with Gasteiger partial charge in [-0.2, -0.15) is 0 Å². The molecule has 1 N–H and O–H groups in total. The number of aryl methyl sites for hydroxylation is 1. The van der Waals surface area contributed by atoms with Gasteiger partial charge in [-0.25, -0.2) is 0 Å². The number of rotatable bonds is 5. The van der Waals surface area contributed by atoms with Crippen molar-refractivity contribution in [1.82, 2.24) is 5.32 Å². The molecule has 1 aromatic heterocycles. The zero-order valence-corrected chi connectivity index (χ0v) is 13.8. The molecule has 1 unspecified atom stereocenters. The van der Waals surface area contributed by atoms with Crippen LogP contribution in [0.1, 0.15) is 28.3 Å². The van der Waals surface area contributed by atoms with E-state index in [4.69, 9.17) is 4.74 Å². The van der Waals surface area contributed by atoms with E-state index in [-0.39, 0.29) is 6.04 Å². The second-order valence-corrected chi connectivity index (χ2v) is 6.52. The van der Waals surface area contributed by atoms with Gasteiger partial charge in [-0.1, -0.05) is 15.9 Å².